The van der Waals surface area contributed by atoms with Crippen LogP contribution in [0.15, 0.2) is 59.1 Å². The van der Waals surface area contributed by atoms with Gasteiger partial charge in [0, 0.05) is 12.7 Å². The number of fused-ring (bicyclic) bond motifs is 1. The fraction of sp³-hybridized carbons (Fsp3) is 0.250. The van der Waals surface area contributed by atoms with Crippen molar-refractivity contribution in [3.05, 3.63) is 54.2 Å². The Morgan fingerprint density at radius 3 is 2.73 bits per heavy atom. The summed E-state index contributed by atoms with van der Waals surface area (Å²) in [7, 11) is -3.63. The van der Waals surface area contributed by atoms with Gasteiger partial charge in [0.05, 0.1) is 11.0 Å². The topological polar surface area (TPSA) is 78.4 Å². The van der Waals surface area contributed by atoms with Crippen molar-refractivity contribution in [3.8, 4) is 0 Å². The Balaban J connectivity index is 1.86. The molecule has 3 rings (SSSR count). The number of rotatable bonds is 3. The summed E-state index contributed by atoms with van der Waals surface area (Å²) in [6.45, 7) is 1.18. The molecule has 5 nitrogen and oxygen atoms in total. The van der Waals surface area contributed by atoms with Gasteiger partial charge in [-0.05, 0) is 41.4 Å². The highest BCUT2D eigenvalue weighted by molar-refractivity contribution is 7.89. The summed E-state index contributed by atoms with van der Waals surface area (Å²) in [6, 6.07) is 12.6. The number of nitrogens with one attached hydrogen (secondary N) is 2. The van der Waals surface area contributed by atoms with E-state index in [-0.39, 0.29) is 4.90 Å². The van der Waals surface area contributed by atoms with Gasteiger partial charge in [-0.2, -0.15) is 0 Å². The molecule has 22 heavy (non-hydrogen) atoms. The van der Waals surface area contributed by atoms with E-state index < -0.39 is 16.1 Å². The van der Waals surface area contributed by atoms with E-state index in [4.69, 9.17) is 0 Å². The van der Waals surface area contributed by atoms with Gasteiger partial charge in [0.2, 0.25) is 0 Å². The molecular weight excluding hydrogens is 300 g/mol. The van der Waals surface area contributed by atoms with Crippen LogP contribution in [-0.4, -0.2) is 32.7 Å². The fourth-order valence-corrected chi connectivity index (χ4v) is 3.47. The highest BCUT2D eigenvalue weighted by Crippen LogP contribution is 2.19. The van der Waals surface area contributed by atoms with Gasteiger partial charge in [-0.15, -0.1) is 0 Å². The summed E-state index contributed by atoms with van der Waals surface area (Å²) >= 11 is 0. The Bertz CT molecular complexity index is 815. The van der Waals surface area contributed by atoms with E-state index in [0.717, 1.165) is 17.3 Å². The largest absolute Gasteiger partial charge is 0.387 e. The van der Waals surface area contributed by atoms with Crippen molar-refractivity contribution in [1.82, 2.24) is 10.0 Å². The van der Waals surface area contributed by atoms with Gasteiger partial charge < -0.3 is 10.4 Å². The summed E-state index contributed by atoms with van der Waals surface area (Å²) in [5, 5.41) is 14.7. The average molecular weight is 318 g/mol. The zero-order chi connectivity index (χ0) is 15.6. The molecule has 3 N–H and O–H groups in total. The molecule has 2 aromatic rings. The molecule has 0 aliphatic carbocycles. The first-order valence-electron chi connectivity index (χ1n) is 7.15. The van der Waals surface area contributed by atoms with Crippen LogP contribution in [0.1, 0.15) is 6.42 Å². The van der Waals surface area contributed by atoms with E-state index in [1.165, 1.54) is 6.20 Å². The lowest BCUT2D eigenvalue weighted by molar-refractivity contribution is 0.189. The van der Waals surface area contributed by atoms with Gasteiger partial charge in [-0.3, -0.25) is 4.72 Å². The van der Waals surface area contributed by atoms with Crippen LogP contribution in [0.4, 0.5) is 0 Å². The molecular formula is C16H18N2O3S. The average Bonchev–Trinajstić information content (AvgIpc) is 2.54. The third kappa shape index (κ3) is 3.14. The maximum atomic E-state index is 12.4. The van der Waals surface area contributed by atoms with Crippen LogP contribution in [-0.2, 0) is 10.0 Å². The molecule has 0 unspecified atom stereocenters. The van der Waals surface area contributed by atoms with Crippen LogP contribution in [0.3, 0.4) is 0 Å². The van der Waals surface area contributed by atoms with Gasteiger partial charge in [-0.1, -0.05) is 30.3 Å². The van der Waals surface area contributed by atoms with Crippen molar-refractivity contribution >= 4 is 20.8 Å². The lowest BCUT2D eigenvalue weighted by atomic mass is 10.0. The van der Waals surface area contributed by atoms with Gasteiger partial charge in [0.1, 0.15) is 0 Å². The van der Waals surface area contributed by atoms with Crippen molar-refractivity contribution < 1.29 is 13.5 Å². The Kier molecular flexibility index (Phi) is 4.15. The third-order valence-electron chi connectivity index (χ3n) is 3.79. The van der Waals surface area contributed by atoms with E-state index in [9.17, 15) is 13.5 Å². The number of aliphatic hydroxyl groups excluding tert-OH is 1. The molecule has 0 aromatic heterocycles. The number of sulfonamides is 1. The number of hydrogen-bond acceptors (Lipinski definition) is 4. The second kappa shape index (κ2) is 6.08. The molecule has 1 fully saturated rings. The fourth-order valence-electron chi connectivity index (χ4n) is 2.49. The normalized spacial score (nSPS) is 21.1. The van der Waals surface area contributed by atoms with E-state index in [0.29, 0.717) is 18.5 Å². The first-order chi connectivity index (χ1) is 10.6. The van der Waals surface area contributed by atoms with Crippen molar-refractivity contribution in [2.45, 2.75) is 17.4 Å². The number of benzene rings is 2. The summed E-state index contributed by atoms with van der Waals surface area (Å²) in [6.07, 6.45) is 1.39. The minimum atomic E-state index is -3.63. The minimum Gasteiger partial charge on any atom is -0.387 e. The molecule has 0 spiro atoms. The van der Waals surface area contributed by atoms with Crippen LogP contribution in [0, 0.1) is 0 Å². The molecule has 1 atom stereocenters. The van der Waals surface area contributed by atoms with E-state index in [2.05, 4.69) is 10.0 Å². The molecule has 0 bridgehead atoms. The molecule has 116 valence electrons. The Labute approximate surface area is 129 Å². The SMILES string of the molecule is O=S(=O)(N/C=C1\CCNC[C@H]1O)c1ccc2ccccc2c1. The molecule has 2 aromatic carbocycles. The summed E-state index contributed by atoms with van der Waals surface area (Å²) in [5.41, 5.74) is 0.697. The van der Waals surface area contributed by atoms with E-state index >= 15 is 0 Å². The van der Waals surface area contributed by atoms with Gasteiger partial charge >= 0.3 is 0 Å². The maximum Gasteiger partial charge on any atom is 0.261 e. The van der Waals surface area contributed by atoms with Crippen LogP contribution in [0.2, 0.25) is 0 Å². The molecule has 6 heteroatoms. The van der Waals surface area contributed by atoms with Crippen LogP contribution < -0.4 is 10.0 Å². The number of β-amino-alcohol motifs (C(OH)–C–C–N with tert-alkyl or cyclic N) is 1. The summed E-state index contributed by atoms with van der Waals surface area (Å²) in [4.78, 5) is 0.214. The summed E-state index contributed by atoms with van der Waals surface area (Å²) < 4.78 is 27.2. The lowest BCUT2D eigenvalue weighted by Crippen LogP contribution is -2.36. The Morgan fingerprint density at radius 2 is 1.95 bits per heavy atom. The zero-order valence-electron chi connectivity index (χ0n) is 12.0. The highest BCUT2D eigenvalue weighted by Gasteiger charge is 2.18. The maximum absolute atomic E-state index is 12.4. The molecule has 1 saturated heterocycles. The standard InChI is InChI=1S/C16H18N2O3S/c19-16-11-17-8-7-14(16)10-18-22(20,21)15-6-5-12-3-1-2-4-13(12)9-15/h1-6,9-10,16-19H,7-8,11H2/b14-10+/t16-/m1/s1. The predicted octanol–water partition coefficient (Wildman–Crippen LogP) is 1.36. The number of hydrogen-bond donors (Lipinski definition) is 3. The second-order valence-corrected chi connectivity index (χ2v) is 7.03. The monoisotopic (exact) mass is 318 g/mol. The van der Waals surface area contributed by atoms with Crippen molar-refractivity contribution in [2.24, 2.45) is 0 Å². The quantitative estimate of drug-likeness (QED) is 0.798. The van der Waals surface area contributed by atoms with Gasteiger partial charge in [-0.25, -0.2) is 8.42 Å². The number of aliphatic hydroxyl groups is 1. The minimum absolute atomic E-state index is 0.214. The number of piperidine rings is 1. The summed E-state index contributed by atoms with van der Waals surface area (Å²) in [5.74, 6) is 0. The van der Waals surface area contributed by atoms with Crippen molar-refractivity contribution in [2.75, 3.05) is 13.1 Å². The van der Waals surface area contributed by atoms with Crippen LogP contribution >= 0.6 is 0 Å². The first kappa shape index (κ1) is 15.0. The lowest BCUT2D eigenvalue weighted by Gasteiger charge is -2.21. The van der Waals surface area contributed by atoms with Gasteiger partial charge in [0.15, 0.2) is 0 Å². The molecule has 0 amide bonds. The first-order valence-corrected chi connectivity index (χ1v) is 8.63. The smallest absolute Gasteiger partial charge is 0.261 e. The van der Waals surface area contributed by atoms with Crippen LogP contribution in [0.25, 0.3) is 10.8 Å². The van der Waals surface area contributed by atoms with Gasteiger partial charge in [0.25, 0.3) is 10.0 Å². The Morgan fingerprint density at radius 1 is 1.18 bits per heavy atom. The molecule has 0 radical (unpaired) electrons. The van der Waals surface area contributed by atoms with Crippen molar-refractivity contribution in [1.29, 1.82) is 0 Å². The molecule has 0 saturated carbocycles. The van der Waals surface area contributed by atoms with Crippen LogP contribution in [0.5, 0.6) is 0 Å². The molecule has 1 heterocycles. The highest BCUT2D eigenvalue weighted by atomic mass is 32.2. The zero-order valence-corrected chi connectivity index (χ0v) is 12.8. The molecule has 1 aliphatic rings. The van der Waals surface area contributed by atoms with E-state index in [1.54, 1.807) is 18.2 Å². The third-order valence-corrected chi connectivity index (χ3v) is 5.09. The second-order valence-electron chi connectivity index (χ2n) is 5.32. The van der Waals surface area contributed by atoms with E-state index in [1.807, 2.05) is 24.3 Å². The Hall–Kier alpha value is -1.89. The predicted molar refractivity (Wildman–Crippen MR) is 85.8 cm³/mol. The van der Waals surface area contributed by atoms with Crippen molar-refractivity contribution in [3.63, 3.8) is 0 Å². The molecule has 1 aliphatic heterocycles.